The maximum Gasteiger partial charge on any atom is 0.334 e. The zero-order valence-electron chi connectivity index (χ0n) is 6.98. The predicted molar refractivity (Wildman–Crippen MR) is 44.2 cm³/mol. The lowest BCUT2D eigenvalue weighted by Gasteiger charge is -2.13. The Labute approximate surface area is 78.5 Å². The third-order valence-electron chi connectivity index (χ3n) is 1.74. The van der Waals surface area contributed by atoms with Gasteiger partial charge in [-0.3, -0.25) is 4.79 Å². The number of carbonyl (C=O) groups excluding carboxylic acids is 1. The van der Waals surface area contributed by atoms with E-state index in [1.165, 1.54) is 0 Å². The van der Waals surface area contributed by atoms with E-state index in [-0.39, 0.29) is 23.3 Å². The van der Waals surface area contributed by atoms with Crippen LogP contribution in [0.5, 0.6) is 0 Å². The third kappa shape index (κ3) is 1.79. The molecule has 0 aromatic heterocycles. The summed E-state index contributed by atoms with van der Waals surface area (Å²) in [7, 11) is 0. The maximum absolute atomic E-state index is 10.6. The van der Waals surface area contributed by atoms with E-state index in [1.54, 1.807) is 0 Å². The third-order valence-corrected chi connectivity index (χ3v) is 1.74. The van der Waals surface area contributed by atoms with Crippen LogP contribution in [0.3, 0.4) is 0 Å². The van der Waals surface area contributed by atoms with Gasteiger partial charge in [0.1, 0.15) is 0 Å². The molecule has 3 N–H and O–H groups in total. The number of hydrogen-bond donors (Lipinski definition) is 3. The molecule has 6 nitrogen and oxygen atoms in total. The lowest BCUT2D eigenvalue weighted by molar-refractivity contribution is -0.133. The van der Waals surface area contributed by atoms with Gasteiger partial charge >= 0.3 is 11.9 Å². The van der Waals surface area contributed by atoms with E-state index in [9.17, 15) is 14.4 Å². The number of rotatable bonds is 3. The van der Waals surface area contributed by atoms with Crippen LogP contribution >= 0.6 is 0 Å². The number of allylic oxidation sites excluding steroid dienone is 1. The van der Waals surface area contributed by atoms with E-state index in [1.807, 2.05) is 0 Å². The number of aldehydes is 1. The summed E-state index contributed by atoms with van der Waals surface area (Å²) < 4.78 is 0. The fourth-order valence-corrected chi connectivity index (χ4v) is 1.02. The van der Waals surface area contributed by atoms with Gasteiger partial charge in [-0.15, -0.1) is 0 Å². The van der Waals surface area contributed by atoms with Crippen LogP contribution in [0.4, 0.5) is 0 Å². The van der Waals surface area contributed by atoms with Gasteiger partial charge in [-0.05, 0) is 0 Å². The number of carboxylic acid groups (broad SMARTS) is 2. The van der Waals surface area contributed by atoms with Gasteiger partial charge in [0.2, 0.25) is 0 Å². The lowest BCUT2D eigenvalue weighted by Crippen LogP contribution is -2.22. The number of hydrogen-bond acceptors (Lipinski definition) is 4. The molecule has 14 heavy (non-hydrogen) atoms. The normalized spacial score (nSPS) is 15.6. The molecule has 1 aliphatic rings. The first-order valence-corrected chi connectivity index (χ1v) is 3.66. The van der Waals surface area contributed by atoms with Gasteiger partial charge in [0.15, 0.2) is 6.29 Å². The molecule has 0 fully saturated rings. The Balaban J connectivity index is 2.98. The largest absolute Gasteiger partial charge is 0.478 e. The summed E-state index contributed by atoms with van der Waals surface area (Å²) in [5.41, 5.74) is -0.435. The first-order chi connectivity index (χ1) is 6.56. The minimum atomic E-state index is -1.30. The molecule has 0 aromatic carbocycles. The van der Waals surface area contributed by atoms with Gasteiger partial charge in [-0.2, -0.15) is 0 Å². The standard InChI is InChI=1S/C8H7NO5/c10-3-6-5(8(13)14)1-4(2-9-6)7(11)12/h2-3,9H,1H2,(H,11,12)(H,13,14). The van der Waals surface area contributed by atoms with Gasteiger partial charge in [-0.25, -0.2) is 9.59 Å². The Morgan fingerprint density at radius 2 is 2.00 bits per heavy atom. The maximum atomic E-state index is 10.6. The van der Waals surface area contributed by atoms with Crippen molar-refractivity contribution >= 4 is 18.2 Å². The Kier molecular flexibility index (Phi) is 2.66. The quantitative estimate of drug-likeness (QED) is 0.526. The molecule has 1 aliphatic heterocycles. The first kappa shape index (κ1) is 9.97. The van der Waals surface area contributed by atoms with Gasteiger partial charge in [0.25, 0.3) is 0 Å². The van der Waals surface area contributed by atoms with Gasteiger partial charge in [0, 0.05) is 12.6 Å². The summed E-state index contributed by atoms with van der Waals surface area (Å²) in [5.74, 6) is -2.51. The fraction of sp³-hybridized carbons (Fsp3) is 0.125. The van der Waals surface area contributed by atoms with E-state index in [0.717, 1.165) is 6.20 Å². The highest BCUT2D eigenvalue weighted by Gasteiger charge is 2.22. The van der Waals surface area contributed by atoms with Crippen molar-refractivity contribution in [1.82, 2.24) is 5.32 Å². The summed E-state index contributed by atoms with van der Waals surface area (Å²) in [6.07, 6.45) is 1.20. The zero-order valence-corrected chi connectivity index (χ0v) is 6.98. The smallest absolute Gasteiger partial charge is 0.334 e. The van der Waals surface area contributed by atoms with Crippen LogP contribution in [-0.2, 0) is 14.4 Å². The predicted octanol–water partition coefficient (Wildman–Crippen LogP) is -0.514. The molecule has 74 valence electrons. The second-order valence-corrected chi connectivity index (χ2v) is 2.61. The van der Waals surface area contributed by atoms with Gasteiger partial charge < -0.3 is 15.5 Å². The zero-order chi connectivity index (χ0) is 10.7. The van der Waals surface area contributed by atoms with Crippen LogP contribution < -0.4 is 5.32 Å². The van der Waals surface area contributed by atoms with E-state index in [4.69, 9.17) is 10.2 Å². The van der Waals surface area contributed by atoms with E-state index >= 15 is 0 Å². The number of dihydropyridines is 1. The van der Waals surface area contributed by atoms with Crippen LogP contribution in [0.25, 0.3) is 0 Å². The first-order valence-electron chi connectivity index (χ1n) is 3.66. The molecule has 6 heteroatoms. The van der Waals surface area contributed by atoms with E-state index in [0.29, 0.717) is 6.29 Å². The highest BCUT2D eigenvalue weighted by atomic mass is 16.4. The van der Waals surface area contributed by atoms with Crippen LogP contribution in [0.1, 0.15) is 6.42 Å². The highest BCUT2D eigenvalue weighted by molar-refractivity contribution is 5.98. The average Bonchev–Trinajstić information content (AvgIpc) is 2.16. The van der Waals surface area contributed by atoms with Crippen molar-refractivity contribution < 1.29 is 24.6 Å². The van der Waals surface area contributed by atoms with E-state index in [2.05, 4.69) is 5.32 Å². The molecule has 1 rings (SSSR count). The van der Waals surface area contributed by atoms with Crippen molar-refractivity contribution in [3.05, 3.63) is 23.0 Å². The topological polar surface area (TPSA) is 104 Å². The molecule has 0 amide bonds. The summed E-state index contributed by atoms with van der Waals surface area (Å²) in [5, 5.41) is 19.6. The van der Waals surface area contributed by atoms with Crippen LogP contribution in [0.2, 0.25) is 0 Å². The van der Waals surface area contributed by atoms with Crippen molar-refractivity contribution in [3.8, 4) is 0 Å². The Hall–Kier alpha value is -2.11. The summed E-state index contributed by atoms with van der Waals surface area (Å²) in [6, 6.07) is 0. The number of carbonyl (C=O) groups is 3. The molecule has 0 aromatic rings. The monoisotopic (exact) mass is 197 g/mol. The Bertz CT molecular complexity index is 366. The second-order valence-electron chi connectivity index (χ2n) is 2.61. The molecule has 0 aliphatic carbocycles. The number of aliphatic carboxylic acids is 2. The number of carboxylic acids is 2. The molecule has 0 radical (unpaired) electrons. The minimum absolute atomic E-state index is 0.0898. The Morgan fingerprint density at radius 3 is 2.43 bits per heavy atom. The molecule has 0 atom stereocenters. The van der Waals surface area contributed by atoms with Crippen molar-refractivity contribution in [2.75, 3.05) is 0 Å². The minimum Gasteiger partial charge on any atom is -0.478 e. The summed E-state index contributed by atoms with van der Waals surface area (Å²) >= 11 is 0. The SMILES string of the molecule is O=CC1=C(C(=O)O)CC(C(=O)O)=CN1. The van der Waals surface area contributed by atoms with Crippen molar-refractivity contribution in [1.29, 1.82) is 0 Å². The fourth-order valence-electron chi connectivity index (χ4n) is 1.02. The van der Waals surface area contributed by atoms with Crippen LogP contribution in [-0.4, -0.2) is 28.4 Å². The molecule has 1 heterocycles. The van der Waals surface area contributed by atoms with Crippen molar-refractivity contribution in [2.24, 2.45) is 0 Å². The van der Waals surface area contributed by atoms with Crippen molar-refractivity contribution in [2.45, 2.75) is 6.42 Å². The lowest BCUT2D eigenvalue weighted by atomic mass is 10.0. The Morgan fingerprint density at radius 1 is 1.36 bits per heavy atom. The van der Waals surface area contributed by atoms with Gasteiger partial charge in [0.05, 0.1) is 16.8 Å². The molecule has 0 spiro atoms. The summed E-state index contributed by atoms with van der Waals surface area (Å²) in [4.78, 5) is 31.5. The van der Waals surface area contributed by atoms with Crippen LogP contribution in [0, 0.1) is 0 Å². The molecular formula is C8H7NO5. The summed E-state index contributed by atoms with van der Waals surface area (Å²) in [6.45, 7) is 0. The van der Waals surface area contributed by atoms with Gasteiger partial charge in [-0.1, -0.05) is 0 Å². The molecular weight excluding hydrogens is 190 g/mol. The second kappa shape index (κ2) is 3.73. The molecule has 0 saturated carbocycles. The van der Waals surface area contributed by atoms with Crippen LogP contribution in [0.15, 0.2) is 23.0 Å². The highest BCUT2D eigenvalue weighted by Crippen LogP contribution is 2.17. The number of nitrogens with one attached hydrogen (secondary N) is 1. The molecule has 0 saturated heterocycles. The van der Waals surface area contributed by atoms with E-state index < -0.39 is 11.9 Å². The molecule has 0 bridgehead atoms. The average molecular weight is 197 g/mol. The molecule has 0 unspecified atom stereocenters. The van der Waals surface area contributed by atoms with Crippen molar-refractivity contribution in [3.63, 3.8) is 0 Å².